The fraction of sp³-hybridized carbons (Fsp3) is 0.417. The number of rotatable bonds is 2. The van der Waals surface area contributed by atoms with Crippen molar-refractivity contribution in [2.45, 2.75) is 25.4 Å². The van der Waals surface area contributed by atoms with E-state index < -0.39 is 5.60 Å². The summed E-state index contributed by atoms with van der Waals surface area (Å²) in [6.45, 7) is 2.71. The smallest absolute Gasteiger partial charge is 0.260 e. The highest BCUT2D eigenvalue weighted by atomic mass is 16.5. The van der Waals surface area contributed by atoms with Crippen molar-refractivity contribution in [1.29, 1.82) is 0 Å². The van der Waals surface area contributed by atoms with Crippen LogP contribution in [0.4, 0.5) is 5.69 Å². The lowest BCUT2D eigenvalue weighted by molar-refractivity contribution is 0.00768. The molecule has 6 heteroatoms. The van der Waals surface area contributed by atoms with Crippen LogP contribution in [0.15, 0.2) is 23.0 Å². The minimum absolute atomic E-state index is 0.404. The summed E-state index contributed by atoms with van der Waals surface area (Å²) in [7, 11) is 0. The lowest BCUT2D eigenvalue weighted by Crippen LogP contribution is -2.21. The van der Waals surface area contributed by atoms with Gasteiger partial charge in [-0.05, 0) is 25.8 Å². The van der Waals surface area contributed by atoms with E-state index >= 15 is 0 Å². The summed E-state index contributed by atoms with van der Waals surface area (Å²) in [5.41, 5.74) is 6.60. The third kappa shape index (κ3) is 1.74. The molecule has 0 spiro atoms. The Morgan fingerprint density at radius 1 is 1.44 bits per heavy atom. The third-order valence-corrected chi connectivity index (χ3v) is 3.20. The van der Waals surface area contributed by atoms with E-state index in [2.05, 4.69) is 15.1 Å². The van der Waals surface area contributed by atoms with Crippen molar-refractivity contribution >= 4 is 5.69 Å². The van der Waals surface area contributed by atoms with E-state index in [0.717, 1.165) is 19.4 Å². The molecular weight excluding hydrogens is 232 g/mol. The number of anilines is 1. The van der Waals surface area contributed by atoms with Crippen molar-refractivity contribution in [1.82, 2.24) is 15.1 Å². The number of hydrogen-bond acceptors (Lipinski definition) is 6. The van der Waals surface area contributed by atoms with Gasteiger partial charge in [-0.15, -0.1) is 0 Å². The second-order valence-corrected chi connectivity index (χ2v) is 4.57. The molecule has 3 rings (SSSR count). The Balaban J connectivity index is 1.97. The molecule has 0 radical (unpaired) electrons. The summed E-state index contributed by atoms with van der Waals surface area (Å²) in [6.07, 6.45) is 5.12. The largest absolute Gasteiger partial charge is 0.397 e. The summed E-state index contributed by atoms with van der Waals surface area (Å²) in [6, 6.07) is 1.75. The van der Waals surface area contributed by atoms with Gasteiger partial charge in [0.1, 0.15) is 5.60 Å². The molecule has 1 aliphatic rings. The molecule has 1 atom stereocenters. The van der Waals surface area contributed by atoms with E-state index in [9.17, 15) is 0 Å². The van der Waals surface area contributed by atoms with E-state index in [-0.39, 0.29) is 0 Å². The highest BCUT2D eigenvalue weighted by molar-refractivity contribution is 5.68. The zero-order valence-corrected chi connectivity index (χ0v) is 10.1. The van der Waals surface area contributed by atoms with Crippen LogP contribution in [0, 0.1) is 0 Å². The molecule has 18 heavy (non-hydrogen) atoms. The van der Waals surface area contributed by atoms with Gasteiger partial charge in [0.2, 0.25) is 5.82 Å². The Morgan fingerprint density at radius 2 is 2.33 bits per heavy atom. The first-order valence-corrected chi connectivity index (χ1v) is 5.87. The summed E-state index contributed by atoms with van der Waals surface area (Å²) in [5.74, 6) is 0.979. The summed E-state index contributed by atoms with van der Waals surface area (Å²) >= 11 is 0. The Morgan fingerprint density at radius 3 is 3.06 bits per heavy atom. The first kappa shape index (κ1) is 11.2. The highest BCUT2D eigenvalue weighted by Gasteiger charge is 2.36. The van der Waals surface area contributed by atoms with E-state index in [0.29, 0.717) is 23.0 Å². The fourth-order valence-corrected chi connectivity index (χ4v) is 2.10. The van der Waals surface area contributed by atoms with Gasteiger partial charge in [-0.3, -0.25) is 4.98 Å². The molecule has 1 fully saturated rings. The average Bonchev–Trinajstić information content (AvgIpc) is 2.99. The van der Waals surface area contributed by atoms with Crippen molar-refractivity contribution in [3.05, 3.63) is 24.3 Å². The first-order chi connectivity index (χ1) is 8.69. The van der Waals surface area contributed by atoms with Gasteiger partial charge in [-0.25, -0.2) is 0 Å². The molecule has 6 nitrogen and oxygen atoms in total. The van der Waals surface area contributed by atoms with Crippen molar-refractivity contribution in [2.75, 3.05) is 12.3 Å². The molecule has 0 aromatic carbocycles. The molecule has 3 heterocycles. The molecule has 0 bridgehead atoms. The van der Waals surface area contributed by atoms with Gasteiger partial charge in [0.05, 0.1) is 17.4 Å². The van der Waals surface area contributed by atoms with Gasteiger partial charge in [0.15, 0.2) is 0 Å². The van der Waals surface area contributed by atoms with Gasteiger partial charge < -0.3 is 15.0 Å². The van der Waals surface area contributed by atoms with Crippen LogP contribution in [0.5, 0.6) is 0 Å². The standard InChI is InChI=1S/C12H14N4O2/c1-12(4-2-6-17-12)11-15-10(18-16-11)8-3-5-14-7-9(8)13/h3,5,7H,2,4,6,13H2,1H3. The van der Waals surface area contributed by atoms with Crippen LogP contribution >= 0.6 is 0 Å². The fourth-order valence-electron chi connectivity index (χ4n) is 2.10. The van der Waals surface area contributed by atoms with Crippen LogP contribution in [0.3, 0.4) is 0 Å². The van der Waals surface area contributed by atoms with Crippen molar-refractivity contribution in [3.8, 4) is 11.5 Å². The van der Waals surface area contributed by atoms with Crippen molar-refractivity contribution < 1.29 is 9.26 Å². The first-order valence-electron chi connectivity index (χ1n) is 5.87. The van der Waals surface area contributed by atoms with E-state index in [1.807, 2.05) is 6.92 Å². The zero-order chi connectivity index (χ0) is 12.6. The molecule has 2 aromatic rings. The summed E-state index contributed by atoms with van der Waals surface area (Å²) < 4.78 is 10.9. The Kier molecular flexibility index (Phi) is 2.52. The second-order valence-electron chi connectivity index (χ2n) is 4.57. The van der Waals surface area contributed by atoms with Gasteiger partial charge in [-0.1, -0.05) is 5.16 Å². The lowest BCUT2D eigenvalue weighted by atomic mass is 10.0. The molecule has 0 saturated carbocycles. The maximum absolute atomic E-state index is 5.83. The Labute approximate surface area is 104 Å². The minimum atomic E-state index is -0.441. The van der Waals surface area contributed by atoms with Crippen molar-refractivity contribution in [2.24, 2.45) is 0 Å². The van der Waals surface area contributed by atoms with Gasteiger partial charge in [0, 0.05) is 12.8 Å². The van der Waals surface area contributed by atoms with Gasteiger partial charge in [0.25, 0.3) is 5.89 Å². The molecule has 2 N–H and O–H groups in total. The van der Waals surface area contributed by atoms with E-state index in [1.165, 1.54) is 0 Å². The molecule has 2 aromatic heterocycles. The SMILES string of the molecule is CC1(c2noc(-c3ccncc3N)n2)CCCO1. The molecule has 94 valence electrons. The summed E-state index contributed by atoms with van der Waals surface area (Å²) in [4.78, 5) is 8.31. The number of nitrogens with two attached hydrogens (primary N) is 1. The summed E-state index contributed by atoms with van der Waals surface area (Å²) in [5, 5.41) is 4.00. The molecule has 0 amide bonds. The Bertz CT molecular complexity index is 561. The molecule has 1 saturated heterocycles. The van der Waals surface area contributed by atoms with Crippen LogP contribution < -0.4 is 5.73 Å². The van der Waals surface area contributed by atoms with Gasteiger partial charge >= 0.3 is 0 Å². The third-order valence-electron chi connectivity index (χ3n) is 3.20. The zero-order valence-electron chi connectivity index (χ0n) is 10.1. The second kappa shape index (κ2) is 4.06. The number of nitrogens with zero attached hydrogens (tertiary/aromatic N) is 3. The molecule has 1 aliphatic heterocycles. The number of ether oxygens (including phenoxy) is 1. The predicted octanol–water partition coefficient (Wildman–Crippen LogP) is 1.74. The van der Waals surface area contributed by atoms with Gasteiger partial charge in [-0.2, -0.15) is 4.98 Å². The minimum Gasteiger partial charge on any atom is -0.397 e. The average molecular weight is 246 g/mol. The van der Waals surface area contributed by atoms with Crippen LogP contribution in [0.25, 0.3) is 11.5 Å². The number of hydrogen-bond donors (Lipinski definition) is 1. The van der Waals surface area contributed by atoms with E-state index in [1.54, 1.807) is 18.5 Å². The quantitative estimate of drug-likeness (QED) is 0.868. The number of pyridine rings is 1. The highest BCUT2D eigenvalue weighted by Crippen LogP contribution is 2.35. The normalized spacial score (nSPS) is 23.4. The molecular formula is C12H14N4O2. The predicted molar refractivity (Wildman–Crippen MR) is 64.5 cm³/mol. The van der Waals surface area contributed by atoms with Crippen molar-refractivity contribution in [3.63, 3.8) is 0 Å². The van der Waals surface area contributed by atoms with Crippen LogP contribution in [-0.2, 0) is 10.3 Å². The molecule has 0 aliphatic carbocycles. The van der Waals surface area contributed by atoms with Crippen LogP contribution in [-0.4, -0.2) is 21.7 Å². The number of aromatic nitrogens is 3. The Hall–Kier alpha value is -1.95. The monoisotopic (exact) mass is 246 g/mol. The van der Waals surface area contributed by atoms with Crippen LogP contribution in [0.2, 0.25) is 0 Å². The maximum Gasteiger partial charge on any atom is 0.260 e. The lowest BCUT2D eigenvalue weighted by Gasteiger charge is -2.17. The topological polar surface area (TPSA) is 87.1 Å². The van der Waals surface area contributed by atoms with E-state index in [4.69, 9.17) is 15.0 Å². The number of nitrogen functional groups attached to an aromatic ring is 1. The molecule has 1 unspecified atom stereocenters. The van der Waals surface area contributed by atoms with Crippen LogP contribution in [0.1, 0.15) is 25.6 Å². The maximum atomic E-state index is 5.83.